The largest absolute Gasteiger partial charge is 0.462 e. The van der Waals surface area contributed by atoms with Gasteiger partial charge in [-0.05, 0) is 43.4 Å². The molecule has 0 spiro atoms. The quantitative estimate of drug-likeness (QED) is 0.544. The Bertz CT molecular complexity index is 343. The maximum Gasteiger partial charge on any atom is 0.310 e. The first-order chi connectivity index (χ1) is 8.72. The molecule has 2 aliphatic rings. The number of esters is 1. The van der Waals surface area contributed by atoms with Gasteiger partial charge in [-0.2, -0.15) is 0 Å². The van der Waals surface area contributed by atoms with E-state index >= 15 is 0 Å². The number of hydrogen-bond donors (Lipinski definition) is 0. The van der Waals surface area contributed by atoms with Gasteiger partial charge in [0.05, 0.1) is 5.92 Å². The van der Waals surface area contributed by atoms with Crippen molar-refractivity contribution in [2.45, 2.75) is 62.3 Å². The molecule has 2 nitrogen and oxygen atoms in total. The second-order valence-electron chi connectivity index (χ2n) is 6.42. The van der Waals surface area contributed by atoms with E-state index in [1.807, 2.05) is 13.8 Å². The van der Waals surface area contributed by atoms with Crippen LogP contribution < -0.4 is 0 Å². The topological polar surface area (TPSA) is 26.3 Å². The number of alkyl halides is 3. The number of carbonyl (C=O) groups is 1. The van der Waals surface area contributed by atoms with Crippen molar-refractivity contribution in [3.63, 3.8) is 0 Å². The highest BCUT2D eigenvalue weighted by Crippen LogP contribution is 2.63. The minimum Gasteiger partial charge on any atom is -0.462 e. The highest BCUT2D eigenvalue weighted by atomic mass is 35.6. The van der Waals surface area contributed by atoms with Crippen molar-refractivity contribution < 1.29 is 9.53 Å². The number of halogens is 3. The number of carbonyl (C=O) groups excluding carboxylic acids is 1. The lowest BCUT2D eigenvalue weighted by molar-refractivity contribution is -0.153. The average Bonchev–Trinajstić information content (AvgIpc) is 2.79. The molecule has 2 atom stereocenters. The normalized spacial score (nSPS) is 31.0. The van der Waals surface area contributed by atoms with Crippen LogP contribution in [0.5, 0.6) is 0 Å². The number of ether oxygens (including phenoxy) is 1. The summed E-state index contributed by atoms with van der Waals surface area (Å²) in [4.78, 5) is 12.2. The minimum atomic E-state index is -1.29. The van der Waals surface area contributed by atoms with Gasteiger partial charge in [-0.15, -0.1) is 0 Å². The van der Waals surface area contributed by atoms with Gasteiger partial charge < -0.3 is 4.74 Å². The Balaban J connectivity index is 1.89. The van der Waals surface area contributed by atoms with Gasteiger partial charge in [0.25, 0.3) is 0 Å². The summed E-state index contributed by atoms with van der Waals surface area (Å²) in [5.41, 5.74) is -0.115. The molecule has 0 heterocycles. The van der Waals surface area contributed by atoms with Crippen molar-refractivity contribution in [3.05, 3.63) is 0 Å². The van der Waals surface area contributed by atoms with E-state index in [0.717, 1.165) is 25.7 Å². The zero-order chi connectivity index (χ0) is 14.3. The molecule has 2 rings (SSSR count). The fourth-order valence-electron chi connectivity index (χ4n) is 3.26. The van der Waals surface area contributed by atoms with Gasteiger partial charge in [0, 0.05) is 0 Å². The molecule has 0 aromatic heterocycles. The van der Waals surface area contributed by atoms with Crippen molar-refractivity contribution in [1.29, 1.82) is 0 Å². The van der Waals surface area contributed by atoms with Crippen LogP contribution in [0.2, 0.25) is 0 Å². The lowest BCUT2D eigenvalue weighted by Crippen LogP contribution is -2.23. The third-order valence-corrected chi connectivity index (χ3v) is 5.05. The van der Waals surface area contributed by atoms with Crippen molar-refractivity contribution in [2.75, 3.05) is 0 Å². The van der Waals surface area contributed by atoms with E-state index in [4.69, 9.17) is 39.5 Å². The molecule has 0 N–H and O–H groups in total. The zero-order valence-corrected chi connectivity index (χ0v) is 13.7. The zero-order valence-electron chi connectivity index (χ0n) is 11.4. The van der Waals surface area contributed by atoms with E-state index in [1.165, 1.54) is 6.42 Å². The molecule has 5 heteroatoms. The predicted molar refractivity (Wildman–Crippen MR) is 78.6 cm³/mol. The number of hydrogen-bond acceptors (Lipinski definition) is 2. The van der Waals surface area contributed by atoms with Crippen LogP contribution in [0.4, 0.5) is 0 Å². The Morgan fingerprint density at radius 3 is 2.32 bits per heavy atom. The molecule has 0 aromatic carbocycles. The number of rotatable bonds is 3. The van der Waals surface area contributed by atoms with E-state index in [9.17, 15) is 4.79 Å². The van der Waals surface area contributed by atoms with Gasteiger partial charge in [0.2, 0.25) is 0 Å². The maximum atomic E-state index is 12.2. The Morgan fingerprint density at radius 1 is 1.21 bits per heavy atom. The first-order valence-corrected chi connectivity index (χ1v) is 8.12. The van der Waals surface area contributed by atoms with Crippen LogP contribution >= 0.6 is 34.8 Å². The van der Waals surface area contributed by atoms with Crippen molar-refractivity contribution in [3.8, 4) is 0 Å². The van der Waals surface area contributed by atoms with Crippen molar-refractivity contribution >= 4 is 40.8 Å². The minimum absolute atomic E-state index is 0.101. The van der Waals surface area contributed by atoms with E-state index in [-0.39, 0.29) is 29.3 Å². The van der Waals surface area contributed by atoms with Gasteiger partial charge in [-0.25, -0.2) is 0 Å². The van der Waals surface area contributed by atoms with Crippen molar-refractivity contribution in [1.82, 2.24) is 0 Å². The molecule has 19 heavy (non-hydrogen) atoms. The summed E-state index contributed by atoms with van der Waals surface area (Å²) in [5.74, 6) is -0.114. The second kappa shape index (κ2) is 5.61. The van der Waals surface area contributed by atoms with Crippen LogP contribution in [0.25, 0.3) is 0 Å². The van der Waals surface area contributed by atoms with Crippen molar-refractivity contribution in [2.24, 2.45) is 17.3 Å². The van der Waals surface area contributed by atoms with E-state index in [2.05, 4.69) is 0 Å². The smallest absolute Gasteiger partial charge is 0.310 e. The predicted octanol–water partition coefficient (Wildman–Crippen LogP) is 4.89. The third-order valence-electron chi connectivity index (χ3n) is 4.59. The Hall–Kier alpha value is 0.340. The molecule has 2 fully saturated rings. The summed E-state index contributed by atoms with van der Waals surface area (Å²) in [5, 5.41) is 0. The van der Waals surface area contributed by atoms with Crippen LogP contribution in [-0.2, 0) is 9.53 Å². The van der Waals surface area contributed by atoms with E-state index in [0.29, 0.717) is 6.42 Å². The summed E-state index contributed by atoms with van der Waals surface area (Å²) in [6, 6.07) is 0. The second-order valence-corrected chi connectivity index (χ2v) is 8.94. The van der Waals surface area contributed by atoms with E-state index < -0.39 is 3.79 Å². The standard InChI is InChI=1S/C14H21Cl3O2/c1-13(2)10(8-14(15,16)17)11(13)12(18)19-9-6-4-3-5-7-9/h9-11H,3-8H2,1-2H3. The summed E-state index contributed by atoms with van der Waals surface area (Å²) in [6.07, 6.45) is 6.06. The SMILES string of the molecule is CC1(C)C(CC(Cl)(Cl)Cl)C1C(=O)OC1CCCCC1. The van der Waals surface area contributed by atoms with Crippen LogP contribution in [0.1, 0.15) is 52.4 Å². The van der Waals surface area contributed by atoms with E-state index in [1.54, 1.807) is 0 Å². The molecule has 2 unspecified atom stereocenters. The molecule has 110 valence electrons. The van der Waals surface area contributed by atoms with Crippen LogP contribution in [0.3, 0.4) is 0 Å². The lowest BCUT2D eigenvalue weighted by Gasteiger charge is -2.22. The molecule has 0 aromatic rings. The molecule has 2 saturated carbocycles. The summed E-state index contributed by atoms with van der Waals surface area (Å²) < 4.78 is 4.34. The molecule has 0 saturated heterocycles. The highest BCUT2D eigenvalue weighted by molar-refractivity contribution is 6.67. The highest BCUT2D eigenvalue weighted by Gasteiger charge is 2.64. The van der Waals surface area contributed by atoms with Gasteiger partial charge in [0.1, 0.15) is 6.10 Å². The molecule has 0 bridgehead atoms. The molecular weight excluding hydrogens is 307 g/mol. The van der Waals surface area contributed by atoms with Crippen LogP contribution in [0, 0.1) is 17.3 Å². The molecule has 0 amide bonds. The summed E-state index contributed by atoms with van der Waals surface area (Å²) >= 11 is 17.5. The Morgan fingerprint density at radius 2 is 1.79 bits per heavy atom. The van der Waals surface area contributed by atoms with Gasteiger partial charge in [-0.1, -0.05) is 55.1 Å². The summed E-state index contributed by atoms with van der Waals surface area (Å²) in [7, 11) is 0. The first kappa shape index (κ1) is 15.7. The van der Waals surface area contributed by atoms with Crippen LogP contribution in [-0.4, -0.2) is 15.9 Å². The lowest BCUT2D eigenvalue weighted by atomic mass is 9.98. The fraction of sp³-hybridized carbons (Fsp3) is 0.929. The molecule has 0 aliphatic heterocycles. The van der Waals surface area contributed by atoms with Gasteiger partial charge in [-0.3, -0.25) is 4.79 Å². The maximum absolute atomic E-state index is 12.2. The third kappa shape index (κ3) is 3.92. The Labute approximate surface area is 130 Å². The Kier molecular flexibility index (Phi) is 4.65. The van der Waals surface area contributed by atoms with Gasteiger partial charge >= 0.3 is 5.97 Å². The molecular formula is C14H21Cl3O2. The average molecular weight is 328 g/mol. The fourth-order valence-corrected chi connectivity index (χ4v) is 3.76. The molecule has 2 aliphatic carbocycles. The molecule has 0 radical (unpaired) electrons. The monoisotopic (exact) mass is 326 g/mol. The van der Waals surface area contributed by atoms with Crippen LogP contribution in [0.15, 0.2) is 0 Å². The van der Waals surface area contributed by atoms with Gasteiger partial charge in [0.15, 0.2) is 3.79 Å². The first-order valence-electron chi connectivity index (χ1n) is 6.99. The summed E-state index contributed by atoms with van der Waals surface area (Å²) in [6.45, 7) is 4.09.